The summed E-state index contributed by atoms with van der Waals surface area (Å²) in [7, 11) is 0. The van der Waals surface area contributed by atoms with Crippen LogP contribution in [0, 0.1) is 6.92 Å². The summed E-state index contributed by atoms with van der Waals surface area (Å²) in [6, 6.07) is 13.8. The van der Waals surface area contributed by atoms with E-state index >= 15 is 0 Å². The standard InChI is InChI=1S/C17H17ClN2O/c1-12-6-7-14(10-15(12)18)19-11-17(21)20-9-8-13-4-2-3-5-16(13)20/h2-7,10,19H,8-9,11H2,1H3. The second kappa shape index (κ2) is 5.78. The Morgan fingerprint density at radius 1 is 1.29 bits per heavy atom. The predicted molar refractivity (Wildman–Crippen MR) is 87.2 cm³/mol. The number of hydrogen-bond acceptors (Lipinski definition) is 2. The summed E-state index contributed by atoms with van der Waals surface area (Å²) in [6.45, 7) is 2.99. The Morgan fingerprint density at radius 2 is 2.10 bits per heavy atom. The van der Waals surface area contributed by atoms with Gasteiger partial charge in [0.25, 0.3) is 0 Å². The first-order valence-electron chi connectivity index (χ1n) is 7.03. The summed E-state index contributed by atoms with van der Waals surface area (Å²) in [5, 5.41) is 3.85. The number of nitrogens with one attached hydrogen (secondary N) is 1. The van der Waals surface area contributed by atoms with Crippen LogP contribution in [0.2, 0.25) is 5.02 Å². The molecule has 0 bridgehead atoms. The van der Waals surface area contributed by atoms with Crippen molar-refractivity contribution in [3.8, 4) is 0 Å². The van der Waals surface area contributed by atoms with Gasteiger partial charge in [-0.3, -0.25) is 4.79 Å². The third kappa shape index (κ3) is 2.88. The lowest BCUT2D eigenvalue weighted by atomic mass is 10.2. The fraction of sp³-hybridized carbons (Fsp3) is 0.235. The highest BCUT2D eigenvalue weighted by molar-refractivity contribution is 6.31. The molecule has 3 nitrogen and oxygen atoms in total. The molecule has 1 aliphatic heterocycles. The number of hydrogen-bond donors (Lipinski definition) is 1. The molecule has 0 spiro atoms. The van der Waals surface area contributed by atoms with Gasteiger partial charge in [0.05, 0.1) is 6.54 Å². The van der Waals surface area contributed by atoms with Crippen LogP contribution in [-0.2, 0) is 11.2 Å². The average molecular weight is 301 g/mol. The molecular weight excluding hydrogens is 284 g/mol. The summed E-state index contributed by atoms with van der Waals surface area (Å²) in [4.78, 5) is 14.2. The lowest BCUT2D eigenvalue weighted by Gasteiger charge is -2.18. The third-order valence-corrected chi connectivity index (χ3v) is 4.21. The van der Waals surface area contributed by atoms with Gasteiger partial charge in [0.15, 0.2) is 0 Å². The monoisotopic (exact) mass is 300 g/mol. The van der Waals surface area contributed by atoms with Crippen LogP contribution >= 0.6 is 11.6 Å². The molecule has 1 amide bonds. The number of carbonyl (C=O) groups is 1. The first-order valence-corrected chi connectivity index (χ1v) is 7.41. The largest absolute Gasteiger partial charge is 0.376 e. The maximum absolute atomic E-state index is 12.4. The molecule has 3 rings (SSSR count). The summed E-state index contributed by atoms with van der Waals surface area (Å²) in [6.07, 6.45) is 0.929. The molecule has 21 heavy (non-hydrogen) atoms. The van der Waals surface area contributed by atoms with E-state index < -0.39 is 0 Å². The Morgan fingerprint density at radius 3 is 2.90 bits per heavy atom. The topological polar surface area (TPSA) is 32.3 Å². The van der Waals surface area contributed by atoms with Crippen LogP contribution in [0.5, 0.6) is 0 Å². The number of anilines is 2. The summed E-state index contributed by atoms with van der Waals surface area (Å²) >= 11 is 6.09. The first kappa shape index (κ1) is 14.0. The Bertz CT molecular complexity index is 684. The van der Waals surface area contributed by atoms with E-state index in [-0.39, 0.29) is 12.5 Å². The van der Waals surface area contributed by atoms with Crippen LogP contribution in [0.4, 0.5) is 11.4 Å². The molecule has 1 heterocycles. The highest BCUT2D eigenvalue weighted by Crippen LogP contribution is 2.27. The zero-order chi connectivity index (χ0) is 14.8. The molecule has 0 aliphatic carbocycles. The molecule has 1 N–H and O–H groups in total. The molecule has 0 radical (unpaired) electrons. The van der Waals surface area contributed by atoms with Gasteiger partial charge in [0, 0.05) is 22.9 Å². The molecule has 0 aromatic heterocycles. The number of carbonyl (C=O) groups excluding carboxylic acids is 1. The SMILES string of the molecule is Cc1ccc(NCC(=O)N2CCc3ccccc32)cc1Cl. The number of fused-ring (bicyclic) bond motifs is 1. The van der Waals surface area contributed by atoms with Gasteiger partial charge in [0.2, 0.25) is 5.91 Å². The molecule has 1 aliphatic rings. The molecule has 0 saturated carbocycles. The van der Waals surface area contributed by atoms with Crippen molar-refractivity contribution in [3.63, 3.8) is 0 Å². The first-order chi connectivity index (χ1) is 10.1. The molecule has 2 aromatic carbocycles. The highest BCUT2D eigenvalue weighted by Gasteiger charge is 2.23. The minimum absolute atomic E-state index is 0.0802. The van der Waals surface area contributed by atoms with E-state index in [1.165, 1.54) is 5.56 Å². The van der Waals surface area contributed by atoms with Gasteiger partial charge in [-0.15, -0.1) is 0 Å². The molecule has 0 unspecified atom stereocenters. The molecule has 0 saturated heterocycles. The molecule has 2 aromatic rings. The number of para-hydroxylation sites is 1. The van der Waals surface area contributed by atoms with Crippen molar-refractivity contribution in [2.45, 2.75) is 13.3 Å². The van der Waals surface area contributed by atoms with E-state index in [9.17, 15) is 4.79 Å². The number of halogens is 1. The summed E-state index contributed by atoms with van der Waals surface area (Å²) in [5.41, 5.74) is 4.17. The van der Waals surface area contributed by atoms with E-state index in [0.29, 0.717) is 5.02 Å². The number of benzene rings is 2. The van der Waals surface area contributed by atoms with Crippen molar-refractivity contribution in [1.29, 1.82) is 0 Å². The minimum atomic E-state index is 0.0802. The average Bonchev–Trinajstić information content (AvgIpc) is 2.92. The predicted octanol–water partition coefficient (Wildman–Crippen LogP) is 3.65. The van der Waals surface area contributed by atoms with Crippen LogP contribution in [-0.4, -0.2) is 19.0 Å². The van der Waals surface area contributed by atoms with Crippen molar-refractivity contribution in [3.05, 3.63) is 58.6 Å². The van der Waals surface area contributed by atoms with Gasteiger partial charge in [-0.25, -0.2) is 0 Å². The summed E-state index contributed by atoms with van der Waals surface area (Å²) in [5.74, 6) is 0.0802. The van der Waals surface area contributed by atoms with Crippen molar-refractivity contribution in [2.75, 3.05) is 23.3 Å². The highest BCUT2D eigenvalue weighted by atomic mass is 35.5. The maximum atomic E-state index is 12.4. The number of rotatable bonds is 3. The summed E-state index contributed by atoms with van der Waals surface area (Å²) < 4.78 is 0. The number of aryl methyl sites for hydroxylation is 1. The quantitative estimate of drug-likeness (QED) is 0.938. The van der Waals surface area contributed by atoms with Crippen LogP contribution in [0.15, 0.2) is 42.5 Å². The zero-order valence-electron chi connectivity index (χ0n) is 11.9. The van der Waals surface area contributed by atoms with Crippen LogP contribution in [0.1, 0.15) is 11.1 Å². The Labute approximate surface area is 129 Å². The second-order valence-corrected chi connectivity index (χ2v) is 5.65. The van der Waals surface area contributed by atoms with Crippen LogP contribution < -0.4 is 10.2 Å². The third-order valence-electron chi connectivity index (χ3n) is 3.80. The van der Waals surface area contributed by atoms with Crippen molar-refractivity contribution in [2.24, 2.45) is 0 Å². The van der Waals surface area contributed by atoms with E-state index in [0.717, 1.165) is 29.9 Å². The Hall–Kier alpha value is -2.00. The van der Waals surface area contributed by atoms with Crippen molar-refractivity contribution < 1.29 is 4.79 Å². The van der Waals surface area contributed by atoms with E-state index in [2.05, 4.69) is 11.4 Å². The van der Waals surface area contributed by atoms with Crippen molar-refractivity contribution >= 4 is 28.9 Å². The van der Waals surface area contributed by atoms with Gasteiger partial charge in [-0.2, -0.15) is 0 Å². The Balaban J connectivity index is 1.66. The lowest BCUT2D eigenvalue weighted by molar-refractivity contribution is -0.116. The molecule has 0 atom stereocenters. The van der Waals surface area contributed by atoms with Gasteiger partial charge in [0.1, 0.15) is 0 Å². The Kier molecular flexibility index (Phi) is 3.84. The molecule has 0 fully saturated rings. The minimum Gasteiger partial charge on any atom is -0.376 e. The van der Waals surface area contributed by atoms with Crippen LogP contribution in [0.25, 0.3) is 0 Å². The zero-order valence-corrected chi connectivity index (χ0v) is 12.7. The van der Waals surface area contributed by atoms with E-state index in [1.807, 2.05) is 48.2 Å². The van der Waals surface area contributed by atoms with Crippen LogP contribution in [0.3, 0.4) is 0 Å². The fourth-order valence-electron chi connectivity index (χ4n) is 2.57. The van der Waals surface area contributed by atoms with E-state index in [1.54, 1.807) is 0 Å². The lowest BCUT2D eigenvalue weighted by Crippen LogP contribution is -2.34. The molecular formula is C17H17ClN2O. The fourth-order valence-corrected chi connectivity index (χ4v) is 2.75. The normalized spacial score (nSPS) is 13.1. The number of nitrogens with zero attached hydrogens (tertiary/aromatic N) is 1. The smallest absolute Gasteiger partial charge is 0.246 e. The molecule has 4 heteroatoms. The van der Waals surface area contributed by atoms with Gasteiger partial charge >= 0.3 is 0 Å². The van der Waals surface area contributed by atoms with Crippen molar-refractivity contribution in [1.82, 2.24) is 0 Å². The van der Waals surface area contributed by atoms with Gasteiger partial charge in [-0.1, -0.05) is 35.9 Å². The van der Waals surface area contributed by atoms with Gasteiger partial charge < -0.3 is 10.2 Å². The maximum Gasteiger partial charge on any atom is 0.246 e. The molecule has 108 valence electrons. The van der Waals surface area contributed by atoms with Gasteiger partial charge in [-0.05, 0) is 42.7 Å². The number of amides is 1. The van der Waals surface area contributed by atoms with E-state index in [4.69, 9.17) is 11.6 Å². The second-order valence-electron chi connectivity index (χ2n) is 5.24.